The van der Waals surface area contributed by atoms with Crippen molar-refractivity contribution in [3.05, 3.63) is 58.1 Å². The van der Waals surface area contributed by atoms with Crippen LogP contribution in [0, 0.1) is 10.1 Å². The molecule has 0 saturated heterocycles. The fraction of sp³-hybridized carbons (Fsp3) is 0.133. The summed E-state index contributed by atoms with van der Waals surface area (Å²) in [6, 6.07) is 10.8. The predicted molar refractivity (Wildman–Crippen MR) is 83.7 cm³/mol. The Morgan fingerprint density at radius 2 is 2.00 bits per heavy atom. The minimum atomic E-state index is -1.12. The predicted octanol–water partition coefficient (Wildman–Crippen LogP) is 2.24. The van der Waals surface area contributed by atoms with E-state index in [2.05, 4.69) is 20.3 Å². The number of nitro benzene ring substituents is 1. The molecule has 24 heavy (non-hydrogen) atoms. The molecule has 122 valence electrons. The Hall–Kier alpha value is -3.49. The van der Waals surface area contributed by atoms with E-state index in [-0.39, 0.29) is 28.8 Å². The van der Waals surface area contributed by atoms with Crippen LogP contribution in [0.4, 0.5) is 11.4 Å². The maximum absolute atomic E-state index is 11.5. The molecule has 2 N–H and O–H groups in total. The van der Waals surface area contributed by atoms with Crippen LogP contribution in [0.5, 0.6) is 0 Å². The van der Waals surface area contributed by atoms with Gasteiger partial charge >= 0.3 is 11.7 Å². The highest BCUT2D eigenvalue weighted by Crippen LogP contribution is 2.32. The number of fused-ring (bicyclic) bond motifs is 1. The standard InChI is InChI=1S/C15H12N4O5/c20-15(21)12(8-9-4-2-1-3-5-9)16-11-7-6-10-13(18-24-17-10)14(11)19(22)23/h1-7,12,16H,8H2,(H,20,21)/t12-/m0/s1. The fourth-order valence-corrected chi connectivity index (χ4v) is 2.38. The highest BCUT2D eigenvalue weighted by atomic mass is 16.6. The van der Waals surface area contributed by atoms with Gasteiger partial charge in [-0.15, -0.1) is 0 Å². The third-order valence-corrected chi connectivity index (χ3v) is 3.49. The van der Waals surface area contributed by atoms with E-state index in [1.807, 2.05) is 6.07 Å². The van der Waals surface area contributed by atoms with Gasteiger partial charge in [-0.25, -0.2) is 9.42 Å². The number of aliphatic carboxylic acids is 1. The van der Waals surface area contributed by atoms with E-state index < -0.39 is 16.9 Å². The largest absolute Gasteiger partial charge is 0.480 e. The monoisotopic (exact) mass is 328 g/mol. The molecule has 9 heteroatoms. The second kappa shape index (κ2) is 6.32. The normalized spacial score (nSPS) is 12.0. The van der Waals surface area contributed by atoms with Crippen molar-refractivity contribution in [3.63, 3.8) is 0 Å². The minimum Gasteiger partial charge on any atom is -0.480 e. The number of benzene rings is 2. The van der Waals surface area contributed by atoms with Crippen LogP contribution in [0.2, 0.25) is 0 Å². The van der Waals surface area contributed by atoms with Crippen LogP contribution in [0.15, 0.2) is 47.1 Å². The van der Waals surface area contributed by atoms with Gasteiger partial charge in [0.1, 0.15) is 17.2 Å². The van der Waals surface area contributed by atoms with Crippen LogP contribution >= 0.6 is 0 Å². The molecule has 9 nitrogen and oxygen atoms in total. The van der Waals surface area contributed by atoms with Gasteiger partial charge in [-0.1, -0.05) is 30.3 Å². The zero-order valence-corrected chi connectivity index (χ0v) is 12.2. The molecule has 0 saturated carbocycles. The zero-order chi connectivity index (χ0) is 17.1. The molecule has 0 aliphatic carbocycles. The van der Waals surface area contributed by atoms with Gasteiger partial charge in [-0.05, 0) is 28.0 Å². The number of rotatable bonds is 6. The first kappa shape index (κ1) is 15.4. The topological polar surface area (TPSA) is 131 Å². The highest BCUT2D eigenvalue weighted by molar-refractivity contribution is 5.92. The molecule has 1 heterocycles. The summed E-state index contributed by atoms with van der Waals surface area (Å²) < 4.78 is 4.51. The molecule has 0 spiro atoms. The number of carboxylic acid groups (broad SMARTS) is 1. The molecular formula is C15H12N4O5. The Kier molecular flexibility index (Phi) is 4.06. The summed E-state index contributed by atoms with van der Waals surface area (Å²) >= 11 is 0. The van der Waals surface area contributed by atoms with E-state index in [1.165, 1.54) is 12.1 Å². The molecule has 0 fully saturated rings. The Bertz CT molecular complexity index is 893. The third-order valence-electron chi connectivity index (χ3n) is 3.49. The van der Waals surface area contributed by atoms with Gasteiger partial charge in [-0.3, -0.25) is 10.1 Å². The van der Waals surface area contributed by atoms with E-state index in [9.17, 15) is 20.0 Å². The Morgan fingerprint density at radius 3 is 2.67 bits per heavy atom. The highest BCUT2D eigenvalue weighted by Gasteiger charge is 2.26. The van der Waals surface area contributed by atoms with Gasteiger partial charge in [0.15, 0.2) is 0 Å². The van der Waals surface area contributed by atoms with Gasteiger partial charge in [0, 0.05) is 6.42 Å². The van der Waals surface area contributed by atoms with Crippen molar-refractivity contribution < 1.29 is 19.5 Å². The lowest BCUT2D eigenvalue weighted by atomic mass is 10.1. The van der Waals surface area contributed by atoms with Crippen molar-refractivity contribution in [2.75, 3.05) is 5.32 Å². The summed E-state index contributed by atoms with van der Waals surface area (Å²) in [7, 11) is 0. The van der Waals surface area contributed by atoms with Gasteiger partial charge in [0.2, 0.25) is 5.52 Å². The van der Waals surface area contributed by atoms with Crippen molar-refractivity contribution in [1.29, 1.82) is 0 Å². The first-order valence-corrected chi connectivity index (χ1v) is 6.99. The SMILES string of the molecule is O=C(O)[C@H](Cc1ccccc1)Nc1ccc2nonc2c1[N+](=O)[O-]. The minimum absolute atomic E-state index is 0.0335. The molecule has 3 rings (SSSR count). The summed E-state index contributed by atoms with van der Waals surface area (Å²) in [4.78, 5) is 22.2. The summed E-state index contributed by atoms with van der Waals surface area (Å²) in [5.41, 5.74) is 0.667. The van der Waals surface area contributed by atoms with E-state index in [1.54, 1.807) is 24.3 Å². The maximum Gasteiger partial charge on any atom is 0.326 e. The van der Waals surface area contributed by atoms with Crippen LogP contribution in [0.1, 0.15) is 5.56 Å². The van der Waals surface area contributed by atoms with Crippen LogP contribution in [-0.4, -0.2) is 32.4 Å². The quantitative estimate of drug-likeness (QED) is 0.520. The van der Waals surface area contributed by atoms with Crippen LogP contribution < -0.4 is 5.32 Å². The number of hydrogen-bond acceptors (Lipinski definition) is 7. The molecule has 0 amide bonds. The summed E-state index contributed by atoms with van der Waals surface area (Å²) in [5, 5.41) is 30.6. The molecule has 2 aromatic carbocycles. The van der Waals surface area contributed by atoms with Crippen molar-refractivity contribution in [3.8, 4) is 0 Å². The van der Waals surface area contributed by atoms with E-state index in [0.29, 0.717) is 0 Å². The lowest BCUT2D eigenvalue weighted by Crippen LogP contribution is -2.31. The maximum atomic E-state index is 11.5. The number of hydrogen-bond donors (Lipinski definition) is 2. The van der Waals surface area contributed by atoms with Crippen LogP contribution in [0.3, 0.4) is 0 Å². The first-order chi connectivity index (χ1) is 11.6. The molecule has 3 aromatic rings. The zero-order valence-electron chi connectivity index (χ0n) is 12.2. The van der Waals surface area contributed by atoms with Crippen LogP contribution in [0.25, 0.3) is 11.0 Å². The van der Waals surface area contributed by atoms with Crippen molar-refractivity contribution >= 4 is 28.4 Å². The van der Waals surface area contributed by atoms with Gasteiger partial charge < -0.3 is 10.4 Å². The number of aromatic nitrogens is 2. The number of anilines is 1. The summed E-state index contributed by atoms with van der Waals surface area (Å²) in [6.07, 6.45) is 0.169. The van der Waals surface area contributed by atoms with Crippen molar-refractivity contribution in [2.24, 2.45) is 0 Å². The first-order valence-electron chi connectivity index (χ1n) is 6.99. The Balaban J connectivity index is 1.95. The molecule has 1 atom stereocenters. The second-order valence-corrected chi connectivity index (χ2v) is 5.08. The van der Waals surface area contributed by atoms with Gasteiger partial charge in [0.05, 0.1) is 4.92 Å². The van der Waals surface area contributed by atoms with Gasteiger partial charge in [-0.2, -0.15) is 0 Å². The molecule has 0 bridgehead atoms. The number of carboxylic acids is 1. The smallest absolute Gasteiger partial charge is 0.326 e. The molecule has 0 radical (unpaired) electrons. The number of nitrogens with one attached hydrogen (secondary N) is 1. The lowest BCUT2D eigenvalue weighted by Gasteiger charge is -2.15. The lowest BCUT2D eigenvalue weighted by molar-refractivity contribution is -0.382. The summed E-state index contributed by atoms with van der Waals surface area (Å²) in [6.45, 7) is 0. The molecule has 0 aliphatic heterocycles. The fourth-order valence-electron chi connectivity index (χ4n) is 2.38. The average Bonchev–Trinajstić information content (AvgIpc) is 3.03. The van der Waals surface area contributed by atoms with Crippen molar-refractivity contribution in [2.45, 2.75) is 12.5 Å². The molecule has 0 unspecified atom stereocenters. The molecule has 1 aromatic heterocycles. The Labute approximate surface area is 135 Å². The van der Waals surface area contributed by atoms with E-state index in [4.69, 9.17) is 0 Å². The van der Waals surface area contributed by atoms with Crippen LogP contribution in [-0.2, 0) is 11.2 Å². The van der Waals surface area contributed by atoms with Crippen molar-refractivity contribution in [1.82, 2.24) is 10.3 Å². The summed E-state index contributed by atoms with van der Waals surface area (Å²) in [5.74, 6) is -1.12. The Morgan fingerprint density at radius 1 is 1.25 bits per heavy atom. The number of nitro groups is 1. The number of nitrogens with zero attached hydrogens (tertiary/aromatic N) is 3. The van der Waals surface area contributed by atoms with Gasteiger partial charge in [0.25, 0.3) is 0 Å². The molecular weight excluding hydrogens is 316 g/mol. The van der Waals surface area contributed by atoms with E-state index in [0.717, 1.165) is 5.56 Å². The average molecular weight is 328 g/mol. The second-order valence-electron chi connectivity index (χ2n) is 5.08. The van der Waals surface area contributed by atoms with E-state index >= 15 is 0 Å². The molecule has 0 aliphatic rings. The third kappa shape index (κ3) is 3.00. The number of carbonyl (C=O) groups is 1.